The molecule has 2 aromatic carbocycles. The molecule has 1 N–H and O–H groups in total. The van der Waals surface area contributed by atoms with Crippen LogP contribution in [0.1, 0.15) is 47.2 Å². The fourth-order valence-corrected chi connectivity index (χ4v) is 4.10. The van der Waals surface area contributed by atoms with Crippen molar-refractivity contribution in [2.75, 3.05) is 6.26 Å². The van der Waals surface area contributed by atoms with E-state index in [2.05, 4.69) is 30.4 Å². The summed E-state index contributed by atoms with van der Waals surface area (Å²) < 4.78 is 22.7. The summed E-state index contributed by atoms with van der Waals surface area (Å²) in [6.45, 7) is 2.96. The SMILES string of the molecule is CC(NCc1ccc(CS(C)(=O)=O)cc1)c1ccc2c(c1)CCC2. The summed E-state index contributed by atoms with van der Waals surface area (Å²) in [5.41, 5.74) is 6.36. The van der Waals surface area contributed by atoms with Crippen molar-refractivity contribution in [2.45, 2.75) is 44.5 Å². The molecule has 3 rings (SSSR count). The van der Waals surface area contributed by atoms with Crippen LogP contribution in [0.15, 0.2) is 42.5 Å². The first-order valence-electron chi connectivity index (χ1n) is 8.51. The standard InChI is InChI=1S/C20H25NO2S/c1-15(19-11-10-18-4-3-5-20(18)12-19)21-13-16-6-8-17(9-7-16)14-24(2,22)23/h6-12,15,21H,3-5,13-14H2,1-2H3. The predicted octanol–water partition coefficient (Wildman–Crippen LogP) is 3.57. The molecule has 1 aliphatic carbocycles. The van der Waals surface area contributed by atoms with E-state index in [1.54, 1.807) is 0 Å². The lowest BCUT2D eigenvalue weighted by atomic mass is 10.0. The molecule has 0 radical (unpaired) electrons. The molecule has 0 saturated heterocycles. The van der Waals surface area contributed by atoms with Gasteiger partial charge in [-0.1, -0.05) is 42.5 Å². The number of benzene rings is 2. The average molecular weight is 343 g/mol. The molecule has 0 aromatic heterocycles. The van der Waals surface area contributed by atoms with Crippen molar-refractivity contribution in [1.29, 1.82) is 0 Å². The van der Waals surface area contributed by atoms with E-state index in [0.29, 0.717) is 6.04 Å². The van der Waals surface area contributed by atoms with Gasteiger partial charge >= 0.3 is 0 Å². The highest BCUT2D eigenvalue weighted by Gasteiger charge is 2.13. The zero-order chi connectivity index (χ0) is 17.2. The Bertz CT molecular complexity index is 810. The van der Waals surface area contributed by atoms with Crippen molar-refractivity contribution in [1.82, 2.24) is 5.32 Å². The predicted molar refractivity (Wildman–Crippen MR) is 98.7 cm³/mol. The second kappa shape index (κ2) is 7.08. The molecular weight excluding hydrogens is 318 g/mol. The van der Waals surface area contributed by atoms with Crippen molar-refractivity contribution < 1.29 is 8.42 Å². The van der Waals surface area contributed by atoms with Gasteiger partial charge in [0, 0.05) is 18.8 Å². The van der Waals surface area contributed by atoms with Crippen LogP contribution in [0.4, 0.5) is 0 Å². The van der Waals surface area contributed by atoms with E-state index in [-0.39, 0.29) is 5.75 Å². The molecule has 128 valence electrons. The van der Waals surface area contributed by atoms with Crippen molar-refractivity contribution in [2.24, 2.45) is 0 Å². The molecule has 2 aromatic rings. The zero-order valence-corrected chi connectivity index (χ0v) is 15.2. The molecule has 3 nitrogen and oxygen atoms in total. The van der Waals surface area contributed by atoms with Gasteiger partial charge in [-0.05, 0) is 54.0 Å². The maximum Gasteiger partial charge on any atom is 0.151 e. The molecule has 0 saturated carbocycles. The molecule has 0 amide bonds. The van der Waals surface area contributed by atoms with E-state index in [0.717, 1.165) is 12.1 Å². The molecule has 0 fully saturated rings. The van der Waals surface area contributed by atoms with E-state index in [4.69, 9.17) is 0 Å². The van der Waals surface area contributed by atoms with Crippen LogP contribution in [0.3, 0.4) is 0 Å². The van der Waals surface area contributed by atoms with Crippen LogP contribution in [-0.2, 0) is 35.0 Å². The minimum atomic E-state index is -2.97. The second-order valence-corrected chi connectivity index (χ2v) is 9.01. The minimum Gasteiger partial charge on any atom is -0.306 e. The topological polar surface area (TPSA) is 46.2 Å². The summed E-state index contributed by atoms with van der Waals surface area (Å²) in [5.74, 6) is 0.103. The molecule has 0 heterocycles. The van der Waals surface area contributed by atoms with Crippen LogP contribution in [-0.4, -0.2) is 14.7 Å². The van der Waals surface area contributed by atoms with Gasteiger partial charge in [-0.2, -0.15) is 0 Å². The Balaban J connectivity index is 1.59. The van der Waals surface area contributed by atoms with Gasteiger partial charge in [-0.25, -0.2) is 8.42 Å². The minimum absolute atomic E-state index is 0.103. The van der Waals surface area contributed by atoms with Crippen molar-refractivity contribution in [3.63, 3.8) is 0 Å². The number of hydrogen-bond donors (Lipinski definition) is 1. The van der Waals surface area contributed by atoms with Gasteiger partial charge in [0.2, 0.25) is 0 Å². The monoisotopic (exact) mass is 343 g/mol. The van der Waals surface area contributed by atoms with Crippen LogP contribution in [0.25, 0.3) is 0 Å². The maximum atomic E-state index is 11.3. The smallest absolute Gasteiger partial charge is 0.151 e. The lowest BCUT2D eigenvalue weighted by Gasteiger charge is -2.16. The maximum absolute atomic E-state index is 11.3. The normalized spacial score (nSPS) is 15.2. The summed E-state index contributed by atoms with van der Waals surface area (Å²) in [6, 6.07) is 15.0. The summed E-state index contributed by atoms with van der Waals surface area (Å²) in [5, 5.41) is 3.56. The van der Waals surface area contributed by atoms with E-state index in [9.17, 15) is 8.42 Å². The third-order valence-corrected chi connectivity index (χ3v) is 5.54. The highest BCUT2D eigenvalue weighted by molar-refractivity contribution is 7.89. The molecule has 24 heavy (non-hydrogen) atoms. The quantitative estimate of drug-likeness (QED) is 0.872. The number of rotatable bonds is 6. The summed E-state index contributed by atoms with van der Waals surface area (Å²) in [4.78, 5) is 0. The van der Waals surface area contributed by atoms with Gasteiger partial charge in [0.25, 0.3) is 0 Å². The van der Waals surface area contributed by atoms with Gasteiger partial charge in [-0.15, -0.1) is 0 Å². The average Bonchev–Trinajstić information content (AvgIpc) is 3.00. The molecule has 1 atom stereocenters. The molecule has 0 spiro atoms. The Kier molecular flexibility index (Phi) is 5.07. The van der Waals surface area contributed by atoms with Gasteiger partial charge in [-0.3, -0.25) is 0 Å². The van der Waals surface area contributed by atoms with Crippen LogP contribution in [0.2, 0.25) is 0 Å². The van der Waals surface area contributed by atoms with E-state index >= 15 is 0 Å². The number of sulfone groups is 1. The second-order valence-electron chi connectivity index (χ2n) is 6.87. The molecule has 1 unspecified atom stereocenters. The third-order valence-electron chi connectivity index (χ3n) is 4.69. The first kappa shape index (κ1) is 17.2. The fraction of sp³-hybridized carbons (Fsp3) is 0.400. The lowest BCUT2D eigenvalue weighted by molar-refractivity contribution is 0.574. The Labute approximate surface area is 145 Å². The van der Waals surface area contributed by atoms with Crippen LogP contribution < -0.4 is 5.32 Å². The van der Waals surface area contributed by atoms with Crippen molar-refractivity contribution in [3.8, 4) is 0 Å². The first-order chi connectivity index (χ1) is 11.4. The van der Waals surface area contributed by atoms with Gasteiger partial charge < -0.3 is 5.32 Å². The van der Waals surface area contributed by atoms with Crippen molar-refractivity contribution >= 4 is 9.84 Å². The van der Waals surface area contributed by atoms with Crippen LogP contribution in [0, 0.1) is 0 Å². The summed E-state index contributed by atoms with van der Waals surface area (Å²) in [6.07, 6.45) is 4.97. The van der Waals surface area contributed by atoms with Gasteiger partial charge in [0.1, 0.15) is 0 Å². The Morgan fingerprint density at radius 3 is 2.38 bits per heavy atom. The fourth-order valence-electron chi connectivity index (χ4n) is 3.31. The van der Waals surface area contributed by atoms with Crippen LogP contribution in [0.5, 0.6) is 0 Å². The molecule has 0 bridgehead atoms. The number of aryl methyl sites for hydroxylation is 2. The highest BCUT2D eigenvalue weighted by Crippen LogP contribution is 2.25. The third kappa shape index (κ3) is 4.46. The van der Waals surface area contributed by atoms with E-state index in [1.165, 1.54) is 47.8 Å². The Morgan fingerprint density at radius 1 is 1.00 bits per heavy atom. The number of nitrogens with one attached hydrogen (secondary N) is 1. The summed E-state index contributed by atoms with van der Waals surface area (Å²) >= 11 is 0. The lowest BCUT2D eigenvalue weighted by Crippen LogP contribution is -2.18. The first-order valence-corrected chi connectivity index (χ1v) is 10.6. The zero-order valence-electron chi connectivity index (χ0n) is 14.4. The molecule has 1 aliphatic rings. The molecule has 0 aliphatic heterocycles. The summed E-state index contributed by atoms with van der Waals surface area (Å²) in [7, 11) is -2.97. The largest absolute Gasteiger partial charge is 0.306 e. The van der Waals surface area contributed by atoms with Crippen LogP contribution >= 0.6 is 0 Å². The number of hydrogen-bond acceptors (Lipinski definition) is 3. The van der Waals surface area contributed by atoms with E-state index < -0.39 is 9.84 Å². The Morgan fingerprint density at radius 2 is 1.67 bits per heavy atom. The van der Waals surface area contributed by atoms with Gasteiger partial charge in [0.05, 0.1) is 5.75 Å². The molecular formula is C20H25NO2S. The van der Waals surface area contributed by atoms with E-state index in [1.807, 2.05) is 24.3 Å². The number of fused-ring (bicyclic) bond motifs is 1. The Hall–Kier alpha value is -1.65. The molecule has 4 heteroatoms. The highest BCUT2D eigenvalue weighted by atomic mass is 32.2. The van der Waals surface area contributed by atoms with Crippen molar-refractivity contribution in [3.05, 3.63) is 70.3 Å². The van der Waals surface area contributed by atoms with Gasteiger partial charge in [0.15, 0.2) is 9.84 Å².